The lowest BCUT2D eigenvalue weighted by molar-refractivity contribution is 0.338. The van der Waals surface area contributed by atoms with Gasteiger partial charge in [-0.1, -0.05) is 12.7 Å². The first-order valence-electron chi connectivity index (χ1n) is 3.36. The van der Waals surface area contributed by atoms with E-state index in [1.165, 1.54) is 5.70 Å². The SMILES string of the molecule is C=C(C)NN(C)/C(C)=C/C. The molecule has 0 saturated carbocycles. The van der Waals surface area contributed by atoms with Crippen molar-refractivity contribution in [2.24, 2.45) is 0 Å². The lowest BCUT2D eigenvalue weighted by atomic mass is 10.4. The van der Waals surface area contributed by atoms with E-state index in [1.807, 2.05) is 38.9 Å². The number of hydrazine groups is 1. The maximum Gasteiger partial charge on any atom is 0.0277 e. The van der Waals surface area contributed by atoms with Crippen molar-refractivity contribution in [1.29, 1.82) is 0 Å². The van der Waals surface area contributed by atoms with Crippen LogP contribution in [-0.2, 0) is 0 Å². The van der Waals surface area contributed by atoms with Crippen LogP contribution >= 0.6 is 0 Å². The average Bonchev–Trinajstić information content (AvgIpc) is 1.85. The summed E-state index contributed by atoms with van der Waals surface area (Å²) in [5, 5.41) is 1.93. The topological polar surface area (TPSA) is 15.3 Å². The normalized spacial score (nSPS) is 11.0. The first kappa shape index (κ1) is 9.08. The Bertz CT molecular complexity index is 147. The third kappa shape index (κ3) is 3.17. The van der Waals surface area contributed by atoms with Gasteiger partial charge < -0.3 is 5.43 Å². The number of hydrogen-bond acceptors (Lipinski definition) is 2. The summed E-state index contributed by atoms with van der Waals surface area (Å²) in [6.07, 6.45) is 2.04. The molecule has 2 heteroatoms. The van der Waals surface area contributed by atoms with Crippen LogP contribution in [0.2, 0.25) is 0 Å². The fraction of sp³-hybridized carbons (Fsp3) is 0.500. The standard InChI is InChI=1S/C8H16N2/c1-6-8(4)10(5)9-7(2)3/h6,9H,2H2,1,3-5H3/b8-6+. The lowest BCUT2D eigenvalue weighted by Crippen LogP contribution is -2.30. The molecule has 0 aromatic carbocycles. The van der Waals surface area contributed by atoms with Gasteiger partial charge in [0.1, 0.15) is 0 Å². The van der Waals surface area contributed by atoms with Crippen LogP contribution in [0.1, 0.15) is 20.8 Å². The fourth-order valence-electron chi connectivity index (χ4n) is 0.568. The van der Waals surface area contributed by atoms with E-state index in [2.05, 4.69) is 12.0 Å². The largest absolute Gasteiger partial charge is 0.304 e. The van der Waals surface area contributed by atoms with Crippen LogP contribution in [0.4, 0.5) is 0 Å². The van der Waals surface area contributed by atoms with E-state index in [-0.39, 0.29) is 0 Å². The van der Waals surface area contributed by atoms with Gasteiger partial charge in [-0.3, -0.25) is 5.01 Å². The zero-order valence-electron chi connectivity index (χ0n) is 7.23. The molecule has 0 heterocycles. The molecular formula is C8H16N2. The molecule has 0 atom stereocenters. The van der Waals surface area contributed by atoms with Crippen LogP contribution in [-0.4, -0.2) is 12.1 Å². The van der Waals surface area contributed by atoms with Gasteiger partial charge in [0.25, 0.3) is 0 Å². The Kier molecular flexibility index (Phi) is 3.62. The van der Waals surface area contributed by atoms with Gasteiger partial charge in [0, 0.05) is 18.4 Å². The van der Waals surface area contributed by atoms with Crippen LogP contribution in [0.25, 0.3) is 0 Å². The second kappa shape index (κ2) is 3.99. The van der Waals surface area contributed by atoms with E-state index in [4.69, 9.17) is 0 Å². The van der Waals surface area contributed by atoms with Gasteiger partial charge in [-0.05, 0) is 20.8 Å². The molecule has 0 aliphatic carbocycles. The van der Waals surface area contributed by atoms with Gasteiger partial charge in [-0.2, -0.15) is 0 Å². The van der Waals surface area contributed by atoms with Crippen molar-refractivity contribution in [1.82, 2.24) is 10.4 Å². The summed E-state index contributed by atoms with van der Waals surface area (Å²) in [7, 11) is 1.96. The van der Waals surface area contributed by atoms with Crippen molar-refractivity contribution in [3.63, 3.8) is 0 Å². The molecule has 0 rings (SSSR count). The van der Waals surface area contributed by atoms with Crippen molar-refractivity contribution in [2.75, 3.05) is 7.05 Å². The predicted octanol–water partition coefficient (Wildman–Crippen LogP) is 1.88. The van der Waals surface area contributed by atoms with Crippen LogP contribution in [0, 0.1) is 0 Å². The highest BCUT2D eigenvalue weighted by Gasteiger charge is 1.93. The number of nitrogens with zero attached hydrogens (tertiary/aromatic N) is 1. The Morgan fingerprint density at radius 3 is 2.30 bits per heavy atom. The molecular weight excluding hydrogens is 124 g/mol. The average molecular weight is 140 g/mol. The van der Waals surface area contributed by atoms with E-state index in [0.717, 1.165) is 5.70 Å². The monoisotopic (exact) mass is 140 g/mol. The van der Waals surface area contributed by atoms with Crippen molar-refractivity contribution < 1.29 is 0 Å². The van der Waals surface area contributed by atoms with E-state index in [1.54, 1.807) is 0 Å². The van der Waals surface area contributed by atoms with E-state index in [0.29, 0.717) is 0 Å². The molecule has 0 aromatic rings. The molecule has 0 radical (unpaired) electrons. The van der Waals surface area contributed by atoms with E-state index >= 15 is 0 Å². The minimum Gasteiger partial charge on any atom is -0.304 e. The zero-order chi connectivity index (χ0) is 8.15. The minimum atomic E-state index is 0.948. The first-order chi connectivity index (χ1) is 4.57. The predicted molar refractivity (Wildman–Crippen MR) is 45.1 cm³/mol. The minimum absolute atomic E-state index is 0.948. The zero-order valence-corrected chi connectivity index (χ0v) is 7.23. The van der Waals surface area contributed by atoms with E-state index in [9.17, 15) is 0 Å². The molecule has 0 aromatic heterocycles. The highest BCUT2D eigenvalue weighted by Crippen LogP contribution is 1.96. The van der Waals surface area contributed by atoms with Crippen molar-refractivity contribution in [3.8, 4) is 0 Å². The molecule has 10 heavy (non-hydrogen) atoms. The van der Waals surface area contributed by atoms with Crippen LogP contribution in [0.15, 0.2) is 24.0 Å². The van der Waals surface area contributed by atoms with Crippen LogP contribution < -0.4 is 5.43 Å². The third-order valence-electron chi connectivity index (χ3n) is 1.31. The summed E-state index contributed by atoms with van der Waals surface area (Å²) in [6, 6.07) is 0. The summed E-state index contributed by atoms with van der Waals surface area (Å²) in [4.78, 5) is 0. The molecule has 0 aliphatic heterocycles. The highest BCUT2D eigenvalue weighted by molar-refractivity contribution is 4.95. The second-order valence-electron chi connectivity index (χ2n) is 2.38. The molecule has 1 N–H and O–H groups in total. The molecule has 58 valence electrons. The summed E-state index contributed by atoms with van der Waals surface area (Å²) in [6.45, 7) is 9.71. The summed E-state index contributed by atoms with van der Waals surface area (Å²) >= 11 is 0. The Balaban J connectivity index is 3.85. The Hall–Kier alpha value is -0.920. The Morgan fingerprint density at radius 1 is 1.50 bits per heavy atom. The lowest BCUT2D eigenvalue weighted by Gasteiger charge is -2.21. The first-order valence-corrected chi connectivity index (χ1v) is 3.36. The fourth-order valence-corrected chi connectivity index (χ4v) is 0.568. The molecule has 0 fully saturated rings. The molecule has 0 unspecified atom stereocenters. The molecule has 0 amide bonds. The van der Waals surface area contributed by atoms with Gasteiger partial charge in [-0.15, -0.1) is 0 Å². The van der Waals surface area contributed by atoms with Gasteiger partial charge in [-0.25, -0.2) is 0 Å². The van der Waals surface area contributed by atoms with E-state index < -0.39 is 0 Å². The number of hydrogen-bond donors (Lipinski definition) is 1. The van der Waals surface area contributed by atoms with Crippen LogP contribution in [0.5, 0.6) is 0 Å². The third-order valence-corrected chi connectivity index (χ3v) is 1.31. The Labute approximate surface area is 63.2 Å². The summed E-state index contributed by atoms with van der Waals surface area (Å²) in [5.41, 5.74) is 5.20. The summed E-state index contributed by atoms with van der Waals surface area (Å²) in [5.74, 6) is 0. The number of nitrogens with one attached hydrogen (secondary N) is 1. The smallest absolute Gasteiger partial charge is 0.0277 e. The van der Waals surface area contributed by atoms with Gasteiger partial charge >= 0.3 is 0 Å². The number of allylic oxidation sites excluding steroid dienone is 3. The maximum atomic E-state index is 3.73. The molecule has 2 nitrogen and oxygen atoms in total. The van der Waals surface area contributed by atoms with Crippen molar-refractivity contribution in [2.45, 2.75) is 20.8 Å². The van der Waals surface area contributed by atoms with Gasteiger partial charge in [0.15, 0.2) is 0 Å². The maximum absolute atomic E-state index is 3.73. The molecule has 0 aliphatic rings. The second-order valence-corrected chi connectivity index (χ2v) is 2.38. The molecule has 0 bridgehead atoms. The van der Waals surface area contributed by atoms with Gasteiger partial charge in [0.05, 0.1) is 0 Å². The van der Waals surface area contributed by atoms with Crippen molar-refractivity contribution in [3.05, 3.63) is 24.0 Å². The highest BCUT2D eigenvalue weighted by atomic mass is 15.5. The Morgan fingerprint density at radius 2 is 2.00 bits per heavy atom. The number of rotatable bonds is 3. The van der Waals surface area contributed by atoms with Crippen LogP contribution in [0.3, 0.4) is 0 Å². The van der Waals surface area contributed by atoms with Crippen molar-refractivity contribution >= 4 is 0 Å². The molecule has 0 saturated heterocycles. The summed E-state index contributed by atoms with van der Waals surface area (Å²) < 4.78 is 0. The molecule has 0 spiro atoms. The quantitative estimate of drug-likeness (QED) is 0.602. The van der Waals surface area contributed by atoms with Gasteiger partial charge in [0.2, 0.25) is 0 Å².